The van der Waals surface area contributed by atoms with Crippen LogP contribution in [0.2, 0.25) is 0 Å². The normalized spacial score (nSPS) is 9.94. The molecule has 0 aliphatic rings. The van der Waals surface area contributed by atoms with E-state index in [-0.39, 0.29) is 12.4 Å². The maximum absolute atomic E-state index is 13.2. The number of phenols is 1. The minimum Gasteiger partial charge on any atom is -0.507 e. The Labute approximate surface area is 93.5 Å². The van der Waals surface area contributed by atoms with Crippen LogP contribution in [0.1, 0.15) is 18.1 Å². The number of halogens is 1. The van der Waals surface area contributed by atoms with Crippen molar-refractivity contribution in [3.05, 3.63) is 29.1 Å². The molecule has 0 heterocycles. The molecule has 0 bridgehead atoms. The molecule has 4 heteroatoms. The molecule has 84 valence electrons. The molecule has 1 aromatic carbocycles. The van der Waals surface area contributed by atoms with E-state index in [2.05, 4.69) is 17.0 Å². The number of nitrogens with zero attached hydrogens (tertiary/aromatic N) is 1. The van der Waals surface area contributed by atoms with E-state index in [1.165, 1.54) is 18.3 Å². The van der Waals surface area contributed by atoms with Gasteiger partial charge in [-0.3, -0.25) is 0 Å². The first kappa shape index (κ1) is 12.1. The van der Waals surface area contributed by atoms with Crippen molar-refractivity contribution in [2.45, 2.75) is 13.8 Å². The third kappa shape index (κ3) is 2.99. The molecule has 0 aliphatic heterocycles. The van der Waals surface area contributed by atoms with Crippen molar-refractivity contribution in [3.8, 4) is 17.6 Å². The number of hydrogen-bond donors (Lipinski definition) is 1. The molecule has 3 nitrogen and oxygen atoms in total. The summed E-state index contributed by atoms with van der Waals surface area (Å²) < 4.78 is 13.2. The summed E-state index contributed by atoms with van der Waals surface area (Å²) in [6.07, 6.45) is 1.27. The lowest BCUT2D eigenvalue weighted by Crippen LogP contribution is -1.93. The fourth-order valence-electron chi connectivity index (χ4n) is 1.08. The van der Waals surface area contributed by atoms with Gasteiger partial charge >= 0.3 is 0 Å². The summed E-state index contributed by atoms with van der Waals surface area (Å²) >= 11 is 0. The van der Waals surface area contributed by atoms with Crippen molar-refractivity contribution in [2.75, 3.05) is 6.61 Å². The first-order valence-electron chi connectivity index (χ1n) is 4.69. The molecule has 0 fully saturated rings. The zero-order valence-electron chi connectivity index (χ0n) is 9.12. The highest BCUT2D eigenvalue weighted by Gasteiger charge is 2.06. The highest BCUT2D eigenvalue weighted by molar-refractivity contribution is 5.85. The zero-order valence-corrected chi connectivity index (χ0v) is 9.12. The van der Waals surface area contributed by atoms with Crippen LogP contribution in [0.25, 0.3) is 0 Å². The Kier molecular flexibility index (Phi) is 4.34. The van der Waals surface area contributed by atoms with Crippen molar-refractivity contribution in [2.24, 2.45) is 5.16 Å². The minimum absolute atomic E-state index is 0.0344. The molecule has 0 atom stereocenters. The number of oxime groups is 1. The van der Waals surface area contributed by atoms with E-state index in [0.717, 1.165) is 0 Å². The number of hydrogen-bond acceptors (Lipinski definition) is 3. The molecule has 1 aromatic rings. The van der Waals surface area contributed by atoms with Gasteiger partial charge in [0.25, 0.3) is 0 Å². The molecule has 0 amide bonds. The van der Waals surface area contributed by atoms with Crippen LogP contribution in [0.3, 0.4) is 0 Å². The zero-order chi connectivity index (χ0) is 12.0. The smallest absolute Gasteiger partial charge is 0.177 e. The van der Waals surface area contributed by atoms with E-state index in [0.29, 0.717) is 11.1 Å². The molecule has 0 radical (unpaired) electrons. The highest BCUT2D eigenvalue weighted by atomic mass is 19.1. The largest absolute Gasteiger partial charge is 0.507 e. The van der Waals surface area contributed by atoms with Gasteiger partial charge in [-0.15, -0.1) is 5.92 Å². The summed E-state index contributed by atoms with van der Waals surface area (Å²) in [5.74, 6) is 4.86. The second-order valence-electron chi connectivity index (χ2n) is 3.04. The van der Waals surface area contributed by atoms with Crippen molar-refractivity contribution in [1.82, 2.24) is 0 Å². The van der Waals surface area contributed by atoms with Gasteiger partial charge in [0.05, 0.1) is 6.21 Å². The molecule has 0 aromatic heterocycles. The summed E-state index contributed by atoms with van der Waals surface area (Å²) in [6, 6.07) is 2.47. The predicted molar refractivity (Wildman–Crippen MR) is 59.8 cm³/mol. The predicted octanol–water partition coefficient (Wildman–Crippen LogP) is 2.21. The van der Waals surface area contributed by atoms with Crippen LogP contribution in [-0.2, 0) is 4.84 Å². The van der Waals surface area contributed by atoms with Gasteiger partial charge in [-0.05, 0) is 31.5 Å². The third-order valence-corrected chi connectivity index (χ3v) is 2.00. The Morgan fingerprint density at radius 3 is 3.00 bits per heavy atom. The fraction of sp³-hybridized carbons (Fsp3) is 0.250. The third-order valence-electron chi connectivity index (χ3n) is 2.00. The van der Waals surface area contributed by atoms with Gasteiger partial charge in [0.1, 0.15) is 11.6 Å². The number of aromatic hydroxyl groups is 1. The molecule has 0 unspecified atom stereocenters. The lowest BCUT2D eigenvalue weighted by atomic mass is 10.1. The van der Waals surface area contributed by atoms with Crippen LogP contribution in [0.15, 0.2) is 17.3 Å². The van der Waals surface area contributed by atoms with Crippen molar-refractivity contribution in [1.29, 1.82) is 0 Å². The second-order valence-corrected chi connectivity index (χ2v) is 3.04. The van der Waals surface area contributed by atoms with Gasteiger partial charge in [-0.2, -0.15) is 0 Å². The quantitative estimate of drug-likeness (QED) is 0.368. The van der Waals surface area contributed by atoms with E-state index in [4.69, 9.17) is 4.84 Å². The molecule has 0 spiro atoms. The van der Waals surface area contributed by atoms with Crippen LogP contribution in [0.5, 0.6) is 5.75 Å². The Morgan fingerprint density at radius 2 is 2.31 bits per heavy atom. The topological polar surface area (TPSA) is 41.8 Å². The molecule has 0 aliphatic carbocycles. The maximum atomic E-state index is 13.2. The standard InChI is InChI=1S/C12H12FNO2/c1-3-4-7-16-14-8-10-9(2)11(13)5-6-12(10)15/h5-6,8,15H,7H2,1-2H3. The van der Waals surface area contributed by atoms with Crippen LogP contribution in [0.4, 0.5) is 4.39 Å². The highest BCUT2D eigenvalue weighted by Crippen LogP contribution is 2.21. The average molecular weight is 221 g/mol. The average Bonchev–Trinajstić information content (AvgIpc) is 2.28. The van der Waals surface area contributed by atoms with E-state index in [9.17, 15) is 9.50 Å². The first-order chi connectivity index (χ1) is 7.66. The number of rotatable bonds is 3. The Bertz CT molecular complexity index is 458. The minimum atomic E-state index is -0.396. The number of benzene rings is 1. The Balaban J connectivity index is 2.79. The molecule has 1 N–H and O–H groups in total. The summed E-state index contributed by atoms with van der Waals surface area (Å²) in [7, 11) is 0. The van der Waals surface area contributed by atoms with Crippen molar-refractivity contribution < 1.29 is 14.3 Å². The Morgan fingerprint density at radius 1 is 1.56 bits per heavy atom. The molecule has 0 saturated carbocycles. The SMILES string of the molecule is CC#CCON=Cc1c(O)ccc(F)c1C. The van der Waals surface area contributed by atoms with Gasteiger partial charge in [-0.25, -0.2) is 4.39 Å². The Hall–Kier alpha value is -2.02. The number of phenolic OH excluding ortho intramolecular Hbond substituents is 1. The van der Waals surface area contributed by atoms with Crippen LogP contribution in [-0.4, -0.2) is 17.9 Å². The van der Waals surface area contributed by atoms with E-state index >= 15 is 0 Å². The van der Waals surface area contributed by atoms with Gasteiger partial charge in [0, 0.05) is 5.56 Å². The maximum Gasteiger partial charge on any atom is 0.177 e. The summed E-state index contributed by atoms with van der Waals surface area (Å²) in [5.41, 5.74) is 0.637. The summed E-state index contributed by atoms with van der Waals surface area (Å²) in [4.78, 5) is 4.79. The van der Waals surface area contributed by atoms with Crippen molar-refractivity contribution in [3.63, 3.8) is 0 Å². The lowest BCUT2D eigenvalue weighted by molar-refractivity contribution is 0.181. The van der Waals surface area contributed by atoms with E-state index in [1.54, 1.807) is 13.8 Å². The summed E-state index contributed by atoms with van der Waals surface area (Å²) in [5, 5.41) is 13.1. The van der Waals surface area contributed by atoms with Crippen LogP contribution >= 0.6 is 0 Å². The fourth-order valence-corrected chi connectivity index (χ4v) is 1.08. The molecular weight excluding hydrogens is 209 g/mol. The monoisotopic (exact) mass is 221 g/mol. The molecule has 1 rings (SSSR count). The van der Waals surface area contributed by atoms with Gasteiger partial charge < -0.3 is 9.94 Å². The van der Waals surface area contributed by atoms with E-state index < -0.39 is 5.82 Å². The first-order valence-corrected chi connectivity index (χ1v) is 4.69. The lowest BCUT2D eigenvalue weighted by Gasteiger charge is -2.03. The van der Waals surface area contributed by atoms with Crippen LogP contribution < -0.4 is 0 Å². The van der Waals surface area contributed by atoms with Gasteiger partial charge in [0.2, 0.25) is 0 Å². The summed E-state index contributed by atoms with van der Waals surface area (Å²) in [6.45, 7) is 3.42. The van der Waals surface area contributed by atoms with E-state index in [1.807, 2.05) is 0 Å². The van der Waals surface area contributed by atoms with Crippen LogP contribution in [0, 0.1) is 24.6 Å². The van der Waals surface area contributed by atoms with Gasteiger partial charge in [-0.1, -0.05) is 11.1 Å². The second kappa shape index (κ2) is 5.76. The molecular formula is C12H12FNO2. The molecule has 16 heavy (non-hydrogen) atoms. The molecule has 0 saturated heterocycles. The van der Waals surface area contributed by atoms with Gasteiger partial charge in [0.15, 0.2) is 6.61 Å². The van der Waals surface area contributed by atoms with Crippen molar-refractivity contribution >= 4 is 6.21 Å².